The zero-order valence-corrected chi connectivity index (χ0v) is 11.7. The van der Waals surface area contributed by atoms with Crippen molar-refractivity contribution in [3.63, 3.8) is 0 Å². The summed E-state index contributed by atoms with van der Waals surface area (Å²) in [5.74, 6) is 0. The summed E-state index contributed by atoms with van der Waals surface area (Å²) in [5, 5.41) is 0. The Hall–Kier alpha value is -1.04. The summed E-state index contributed by atoms with van der Waals surface area (Å²) in [4.78, 5) is 0. The molecule has 17 heavy (non-hydrogen) atoms. The Labute approximate surface area is 106 Å². The van der Waals surface area contributed by atoms with Gasteiger partial charge in [0, 0.05) is 5.41 Å². The smallest absolute Gasteiger partial charge is 0.0151 e. The van der Waals surface area contributed by atoms with Crippen LogP contribution in [0.15, 0.2) is 46.6 Å². The summed E-state index contributed by atoms with van der Waals surface area (Å²) in [6.07, 6.45) is 9.40. The van der Waals surface area contributed by atoms with Crippen molar-refractivity contribution in [3.8, 4) is 0 Å². The van der Waals surface area contributed by atoms with Crippen LogP contribution in [0.2, 0.25) is 0 Å². The summed E-state index contributed by atoms with van der Waals surface area (Å²) in [5.41, 5.74) is 7.93. The maximum atomic E-state index is 4.04. The Kier molecular flexibility index (Phi) is 3.16. The van der Waals surface area contributed by atoms with Gasteiger partial charge in [-0.2, -0.15) is 0 Å². The lowest BCUT2D eigenvalue weighted by molar-refractivity contribution is 0.569. The predicted octanol–water partition coefficient (Wildman–Crippen LogP) is 5.35. The molecule has 0 N–H and O–H groups in total. The largest absolute Gasteiger partial charge is 0.0987 e. The van der Waals surface area contributed by atoms with Crippen LogP contribution in [0.5, 0.6) is 0 Å². The highest BCUT2D eigenvalue weighted by Crippen LogP contribution is 2.52. The Morgan fingerprint density at radius 1 is 1.35 bits per heavy atom. The van der Waals surface area contributed by atoms with E-state index in [0.717, 1.165) is 0 Å². The van der Waals surface area contributed by atoms with E-state index in [1.165, 1.54) is 36.8 Å². The van der Waals surface area contributed by atoms with Gasteiger partial charge in [-0.15, -0.1) is 0 Å². The lowest BCUT2D eigenvalue weighted by atomic mass is 9.78. The second-order valence-electron chi connectivity index (χ2n) is 5.85. The van der Waals surface area contributed by atoms with Crippen LogP contribution in [0.25, 0.3) is 0 Å². The first-order valence-electron chi connectivity index (χ1n) is 6.79. The van der Waals surface area contributed by atoms with Crippen molar-refractivity contribution in [2.24, 2.45) is 5.41 Å². The van der Waals surface area contributed by atoms with Crippen LogP contribution in [-0.2, 0) is 0 Å². The number of hydrogen-bond acceptors (Lipinski definition) is 0. The molecule has 0 radical (unpaired) electrons. The fourth-order valence-electron chi connectivity index (χ4n) is 3.33. The van der Waals surface area contributed by atoms with Gasteiger partial charge in [-0.3, -0.25) is 0 Å². The minimum atomic E-state index is 0.170. The van der Waals surface area contributed by atoms with Crippen molar-refractivity contribution >= 4 is 0 Å². The first-order valence-corrected chi connectivity index (χ1v) is 6.79. The van der Waals surface area contributed by atoms with Crippen LogP contribution < -0.4 is 0 Å². The van der Waals surface area contributed by atoms with Gasteiger partial charge in [-0.1, -0.05) is 51.5 Å². The first-order chi connectivity index (χ1) is 8.02. The van der Waals surface area contributed by atoms with E-state index in [0.29, 0.717) is 0 Å². The van der Waals surface area contributed by atoms with Crippen molar-refractivity contribution in [1.29, 1.82) is 0 Å². The lowest BCUT2D eigenvalue weighted by Gasteiger charge is -2.26. The molecular formula is C17H24. The van der Waals surface area contributed by atoms with Gasteiger partial charge in [-0.05, 0) is 48.5 Å². The molecule has 92 valence electrons. The summed E-state index contributed by atoms with van der Waals surface area (Å²) < 4.78 is 0. The molecule has 0 heteroatoms. The van der Waals surface area contributed by atoms with Gasteiger partial charge in [-0.25, -0.2) is 0 Å². The third-order valence-corrected chi connectivity index (χ3v) is 4.23. The number of hydrogen-bond donors (Lipinski definition) is 0. The highest BCUT2D eigenvalue weighted by Gasteiger charge is 2.37. The molecule has 0 aromatic heterocycles. The maximum absolute atomic E-state index is 4.04. The van der Waals surface area contributed by atoms with Crippen molar-refractivity contribution in [3.05, 3.63) is 46.6 Å². The van der Waals surface area contributed by atoms with Gasteiger partial charge < -0.3 is 0 Å². The van der Waals surface area contributed by atoms with E-state index in [1.807, 2.05) is 0 Å². The molecule has 0 saturated carbocycles. The molecule has 0 heterocycles. The fraction of sp³-hybridized carbons (Fsp3) is 0.529. The van der Waals surface area contributed by atoms with Gasteiger partial charge in [0.1, 0.15) is 0 Å². The molecule has 0 amide bonds. The molecule has 2 rings (SSSR count). The van der Waals surface area contributed by atoms with Crippen LogP contribution in [0.4, 0.5) is 0 Å². The van der Waals surface area contributed by atoms with Crippen molar-refractivity contribution < 1.29 is 0 Å². The first kappa shape index (κ1) is 12.4. The minimum Gasteiger partial charge on any atom is -0.0987 e. The fourth-order valence-corrected chi connectivity index (χ4v) is 3.33. The van der Waals surface area contributed by atoms with Gasteiger partial charge in [0.15, 0.2) is 0 Å². The SMILES string of the molecule is C=CC1=C(CCC)C2=C(C=C(C)CC2)C1(C)C. The number of allylic oxidation sites excluding steroid dienone is 7. The predicted molar refractivity (Wildman–Crippen MR) is 75.9 cm³/mol. The monoisotopic (exact) mass is 228 g/mol. The van der Waals surface area contributed by atoms with Crippen LogP contribution in [0.1, 0.15) is 53.4 Å². The van der Waals surface area contributed by atoms with Gasteiger partial charge in [0.2, 0.25) is 0 Å². The third kappa shape index (κ3) is 1.84. The highest BCUT2D eigenvalue weighted by molar-refractivity contribution is 5.61. The average Bonchev–Trinajstić information content (AvgIpc) is 2.48. The molecule has 0 atom stereocenters. The summed E-state index contributed by atoms with van der Waals surface area (Å²) >= 11 is 0. The molecule has 0 saturated heterocycles. The molecule has 2 aliphatic rings. The van der Waals surface area contributed by atoms with Crippen molar-refractivity contribution in [2.45, 2.75) is 53.4 Å². The second kappa shape index (κ2) is 4.33. The van der Waals surface area contributed by atoms with E-state index in [1.54, 1.807) is 16.7 Å². The molecule has 0 aromatic rings. The molecule has 0 aromatic carbocycles. The van der Waals surface area contributed by atoms with E-state index >= 15 is 0 Å². The molecule has 0 bridgehead atoms. The highest BCUT2D eigenvalue weighted by atomic mass is 14.4. The van der Waals surface area contributed by atoms with E-state index in [4.69, 9.17) is 0 Å². The normalized spacial score (nSPS) is 22.7. The van der Waals surface area contributed by atoms with E-state index in [9.17, 15) is 0 Å². The van der Waals surface area contributed by atoms with Crippen LogP contribution in [0.3, 0.4) is 0 Å². The van der Waals surface area contributed by atoms with Gasteiger partial charge in [0.25, 0.3) is 0 Å². The molecule has 0 fully saturated rings. The summed E-state index contributed by atoms with van der Waals surface area (Å²) in [6, 6.07) is 0. The van der Waals surface area contributed by atoms with Crippen molar-refractivity contribution in [1.82, 2.24) is 0 Å². The standard InChI is InChI=1S/C17H24/c1-6-8-13-14-10-9-12(3)11-16(14)17(4,5)15(13)7-2/h7,11H,2,6,8-10H2,1,3-5H3. The van der Waals surface area contributed by atoms with E-state index in [2.05, 4.69) is 46.4 Å². The molecule has 0 aliphatic heterocycles. The Morgan fingerprint density at radius 3 is 2.65 bits per heavy atom. The third-order valence-electron chi connectivity index (χ3n) is 4.23. The zero-order valence-electron chi connectivity index (χ0n) is 11.7. The summed E-state index contributed by atoms with van der Waals surface area (Å²) in [6.45, 7) is 13.3. The van der Waals surface area contributed by atoms with Gasteiger partial charge in [0.05, 0.1) is 0 Å². The molecule has 0 nitrogen and oxygen atoms in total. The minimum absolute atomic E-state index is 0.170. The average molecular weight is 228 g/mol. The molecule has 0 spiro atoms. The lowest BCUT2D eigenvalue weighted by Crippen LogP contribution is -2.14. The van der Waals surface area contributed by atoms with Crippen LogP contribution in [-0.4, -0.2) is 0 Å². The van der Waals surface area contributed by atoms with Crippen molar-refractivity contribution in [2.75, 3.05) is 0 Å². The van der Waals surface area contributed by atoms with E-state index in [-0.39, 0.29) is 5.41 Å². The Balaban J connectivity index is 2.55. The molecular weight excluding hydrogens is 204 g/mol. The summed E-state index contributed by atoms with van der Waals surface area (Å²) in [7, 11) is 0. The van der Waals surface area contributed by atoms with Crippen LogP contribution >= 0.6 is 0 Å². The van der Waals surface area contributed by atoms with Gasteiger partial charge >= 0.3 is 0 Å². The maximum Gasteiger partial charge on any atom is 0.0151 e. The van der Waals surface area contributed by atoms with Crippen LogP contribution in [0, 0.1) is 5.41 Å². The number of rotatable bonds is 3. The topological polar surface area (TPSA) is 0 Å². The Morgan fingerprint density at radius 2 is 2.06 bits per heavy atom. The Bertz CT molecular complexity index is 437. The quantitative estimate of drug-likeness (QED) is 0.611. The zero-order chi connectivity index (χ0) is 12.6. The molecule has 0 unspecified atom stereocenters. The van der Waals surface area contributed by atoms with E-state index < -0.39 is 0 Å². The second-order valence-corrected chi connectivity index (χ2v) is 5.85. The molecule has 2 aliphatic carbocycles.